The third kappa shape index (κ3) is 3.95. The predicted molar refractivity (Wildman–Crippen MR) is 112 cm³/mol. The van der Waals surface area contributed by atoms with Gasteiger partial charge in [0.1, 0.15) is 23.0 Å². The molecule has 5 nitrogen and oxygen atoms in total. The van der Waals surface area contributed by atoms with Gasteiger partial charge in [0.05, 0.1) is 11.4 Å². The number of fused-ring (bicyclic) bond motifs is 1. The number of rotatable bonds is 7. The number of aromatic amines is 1. The Morgan fingerprint density at radius 1 is 1.19 bits per heavy atom. The molecular weight excluding hydrogens is 378 g/mol. The normalized spacial score (nSPS) is 12.3. The topological polar surface area (TPSA) is 67.0 Å². The smallest absolute Gasteiger partial charge is 0.260 e. The maximum absolute atomic E-state index is 12.7. The monoisotopic (exact) mass is 397 g/mol. The van der Waals surface area contributed by atoms with Crippen LogP contribution in [0.2, 0.25) is 0 Å². The highest BCUT2D eigenvalue weighted by molar-refractivity contribution is 7.18. The van der Waals surface area contributed by atoms with E-state index in [-0.39, 0.29) is 11.6 Å². The summed E-state index contributed by atoms with van der Waals surface area (Å²) in [7, 11) is 0. The first-order valence-corrected chi connectivity index (χ1v) is 10.4. The molecule has 0 amide bonds. The number of para-hydroxylation sites is 1. The van der Waals surface area contributed by atoms with Gasteiger partial charge < -0.3 is 15.0 Å². The van der Waals surface area contributed by atoms with Crippen LogP contribution in [0.1, 0.15) is 18.8 Å². The minimum atomic E-state index is -0.0890. The molecule has 0 unspecified atom stereocenters. The molecule has 2 N–H and O–H groups in total. The molecule has 0 saturated heterocycles. The van der Waals surface area contributed by atoms with E-state index in [4.69, 9.17) is 4.74 Å². The third-order valence-corrected chi connectivity index (χ3v) is 6.00. The van der Waals surface area contributed by atoms with Crippen LogP contribution in [-0.4, -0.2) is 23.1 Å². The molecule has 1 atom stereocenters. The van der Waals surface area contributed by atoms with Gasteiger partial charge >= 0.3 is 0 Å². The highest BCUT2D eigenvalue weighted by Gasteiger charge is 2.16. The molecule has 3 aromatic heterocycles. The largest absolute Gasteiger partial charge is 0.492 e. The molecule has 0 aliphatic rings. The molecule has 3 heterocycles. The number of ether oxygens (including phenoxy) is 1. The Morgan fingerprint density at radius 3 is 2.81 bits per heavy atom. The zero-order chi connectivity index (χ0) is 18.6. The lowest BCUT2D eigenvalue weighted by molar-refractivity contribution is 0.306. The van der Waals surface area contributed by atoms with Crippen LogP contribution in [0.25, 0.3) is 20.7 Å². The van der Waals surface area contributed by atoms with E-state index < -0.39 is 0 Å². The van der Waals surface area contributed by atoms with E-state index >= 15 is 0 Å². The first-order chi connectivity index (χ1) is 13.2. The van der Waals surface area contributed by atoms with Crippen molar-refractivity contribution in [1.82, 2.24) is 15.3 Å². The van der Waals surface area contributed by atoms with Crippen molar-refractivity contribution >= 4 is 32.9 Å². The highest BCUT2D eigenvalue weighted by Crippen LogP contribution is 2.33. The van der Waals surface area contributed by atoms with Gasteiger partial charge in [-0.2, -0.15) is 0 Å². The lowest BCUT2D eigenvalue weighted by Gasteiger charge is -2.13. The van der Waals surface area contributed by atoms with Gasteiger partial charge in [-0.25, -0.2) is 4.98 Å². The van der Waals surface area contributed by atoms with Crippen LogP contribution in [0.15, 0.2) is 58.0 Å². The SMILES string of the molecule is C[C@@H](NCCOc1ccccc1)c1nc2scc(-c3cccs3)c2c(=O)[nH]1. The Balaban J connectivity index is 1.45. The molecule has 0 radical (unpaired) electrons. The molecule has 0 saturated carbocycles. The van der Waals surface area contributed by atoms with Crippen molar-refractivity contribution in [2.45, 2.75) is 13.0 Å². The van der Waals surface area contributed by atoms with Crippen molar-refractivity contribution in [2.24, 2.45) is 0 Å². The molecule has 0 spiro atoms. The zero-order valence-electron chi connectivity index (χ0n) is 14.8. The van der Waals surface area contributed by atoms with Crippen molar-refractivity contribution < 1.29 is 4.74 Å². The molecule has 1 aromatic carbocycles. The van der Waals surface area contributed by atoms with E-state index in [2.05, 4.69) is 15.3 Å². The van der Waals surface area contributed by atoms with Crippen molar-refractivity contribution in [1.29, 1.82) is 0 Å². The molecule has 0 bridgehead atoms. The Bertz CT molecular complexity index is 1070. The first kappa shape index (κ1) is 17.9. The van der Waals surface area contributed by atoms with Crippen LogP contribution < -0.4 is 15.6 Å². The van der Waals surface area contributed by atoms with Gasteiger partial charge in [-0.1, -0.05) is 24.3 Å². The van der Waals surface area contributed by atoms with E-state index in [9.17, 15) is 4.79 Å². The number of thiophene rings is 2. The predicted octanol–water partition coefficient (Wildman–Crippen LogP) is 4.44. The number of hydrogen-bond acceptors (Lipinski definition) is 6. The molecule has 4 aromatic rings. The lowest BCUT2D eigenvalue weighted by Crippen LogP contribution is -2.27. The number of H-pyrrole nitrogens is 1. The van der Waals surface area contributed by atoms with Crippen LogP contribution in [0.3, 0.4) is 0 Å². The van der Waals surface area contributed by atoms with Gasteiger partial charge in [0.2, 0.25) is 0 Å². The van der Waals surface area contributed by atoms with Gasteiger partial charge in [0.15, 0.2) is 0 Å². The van der Waals surface area contributed by atoms with Crippen LogP contribution in [-0.2, 0) is 0 Å². The Labute approximate surface area is 164 Å². The van der Waals surface area contributed by atoms with Gasteiger partial charge in [0, 0.05) is 22.4 Å². The number of aromatic nitrogens is 2. The fourth-order valence-electron chi connectivity index (χ4n) is 2.84. The average molecular weight is 398 g/mol. The Hall–Kier alpha value is -2.48. The molecule has 0 aliphatic heterocycles. The zero-order valence-corrected chi connectivity index (χ0v) is 16.4. The maximum Gasteiger partial charge on any atom is 0.260 e. The number of benzene rings is 1. The van der Waals surface area contributed by atoms with Gasteiger partial charge in [-0.05, 0) is 30.5 Å². The summed E-state index contributed by atoms with van der Waals surface area (Å²) in [6.07, 6.45) is 0. The molecule has 4 rings (SSSR count). The highest BCUT2D eigenvalue weighted by atomic mass is 32.1. The summed E-state index contributed by atoms with van der Waals surface area (Å²) in [6.45, 7) is 3.19. The van der Waals surface area contributed by atoms with E-state index in [0.717, 1.165) is 21.0 Å². The summed E-state index contributed by atoms with van der Waals surface area (Å²) in [4.78, 5) is 22.1. The molecule has 0 aliphatic carbocycles. The molecule has 0 fully saturated rings. The van der Waals surface area contributed by atoms with Gasteiger partial charge in [-0.3, -0.25) is 4.79 Å². The van der Waals surface area contributed by atoms with E-state index in [0.29, 0.717) is 24.4 Å². The average Bonchev–Trinajstić information content (AvgIpc) is 3.35. The van der Waals surface area contributed by atoms with Crippen LogP contribution in [0, 0.1) is 0 Å². The second-order valence-electron chi connectivity index (χ2n) is 6.10. The molecular formula is C20H19N3O2S2. The fourth-order valence-corrected chi connectivity index (χ4v) is 4.61. The maximum atomic E-state index is 12.7. The summed E-state index contributed by atoms with van der Waals surface area (Å²) < 4.78 is 5.68. The number of nitrogens with one attached hydrogen (secondary N) is 2. The lowest BCUT2D eigenvalue weighted by atomic mass is 10.2. The summed E-state index contributed by atoms with van der Waals surface area (Å²) in [5.41, 5.74) is 0.871. The standard InChI is InChI=1S/C20H19N3O2S2/c1-13(21-9-10-25-14-6-3-2-4-7-14)18-22-19(24)17-15(12-27-20(17)23-18)16-8-5-11-26-16/h2-8,11-13,21H,9-10H2,1H3,(H,22,23,24)/t13-/m1/s1. The second kappa shape index (κ2) is 8.04. The minimum Gasteiger partial charge on any atom is -0.492 e. The van der Waals surface area contributed by atoms with E-state index in [1.54, 1.807) is 11.3 Å². The molecule has 27 heavy (non-hydrogen) atoms. The van der Waals surface area contributed by atoms with E-state index in [1.807, 2.05) is 60.1 Å². The summed E-state index contributed by atoms with van der Waals surface area (Å²) in [6, 6.07) is 13.6. The van der Waals surface area contributed by atoms with Crippen molar-refractivity contribution in [2.75, 3.05) is 13.2 Å². The molecule has 138 valence electrons. The molecule has 7 heteroatoms. The third-order valence-electron chi connectivity index (χ3n) is 4.22. The van der Waals surface area contributed by atoms with E-state index in [1.165, 1.54) is 11.3 Å². The summed E-state index contributed by atoms with van der Waals surface area (Å²) in [5.74, 6) is 1.49. The van der Waals surface area contributed by atoms with Gasteiger partial charge in [0.25, 0.3) is 5.56 Å². The number of hydrogen-bond donors (Lipinski definition) is 2. The van der Waals surface area contributed by atoms with Gasteiger partial charge in [-0.15, -0.1) is 22.7 Å². The van der Waals surface area contributed by atoms with Crippen molar-refractivity contribution in [3.05, 3.63) is 69.4 Å². The van der Waals surface area contributed by atoms with Crippen LogP contribution >= 0.6 is 22.7 Å². The van der Waals surface area contributed by atoms with Crippen molar-refractivity contribution in [3.63, 3.8) is 0 Å². The summed E-state index contributed by atoms with van der Waals surface area (Å²) >= 11 is 3.13. The minimum absolute atomic E-state index is 0.0752. The van der Waals surface area contributed by atoms with Crippen LogP contribution in [0.4, 0.5) is 0 Å². The number of nitrogens with zero attached hydrogens (tertiary/aromatic N) is 1. The second-order valence-corrected chi connectivity index (χ2v) is 7.90. The summed E-state index contributed by atoms with van der Waals surface area (Å²) in [5, 5.41) is 8.04. The fraction of sp³-hybridized carbons (Fsp3) is 0.200. The Morgan fingerprint density at radius 2 is 2.04 bits per heavy atom. The van der Waals surface area contributed by atoms with Crippen molar-refractivity contribution in [3.8, 4) is 16.2 Å². The van der Waals surface area contributed by atoms with Crippen LogP contribution in [0.5, 0.6) is 5.75 Å². The first-order valence-electron chi connectivity index (χ1n) is 8.69. The quantitative estimate of drug-likeness (QED) is 0.452. The Kier molecular flexibility index (Phi) is 5.33.